The van der Waals surface area contributed by atoms with Crippen molar-refractivity contribution in [3.8, 4) is 11.6 Å². The van der Waals surface area contributed by atoms with Gasteiger partial charge in [-0.3, -0.25) is 4.79 Å². The van der Waals surface area contributed by atoms with Crippen LogP contribution in [-0.2, 0) is 6.54 Å². The predicted octanol–water partition coefficient (Wildman–Crippen LogP) is 3.56. The van der Waals surface area contributed by atoms with Crippen molar-refractivity contribution in [3.05, 3.63) is 53.7 Å². The molecule has 1 aromatic carbocycles. The highest BCUT2D eigenvalue weighted by atomic mass is 16.5. The summed E-state index contributed by atoms with van der Waals surface area (Å²) in [5, 5.41) is 0. The van der Waals surface area contributed by atoms with E-state index in [1.165, 1.54) is 12.0 Å². The largest absolute Gasteiger partial charge is 0.439 e. The first-order valence-electron chi connectivity index (χ1n) is 8.79. The van der Waals surface area contributed by atoms with Gasteiger partial charge in [0.25, 0.3) is 5.91 Å². The third-order valence-electron chi connectivity index (χ3n) is 4.27. The van der Waals surface area contributed by atoms with Crippen LogP contribution in [0, 0.1) is 0 Å². The zero-order chi connectivity index (χ0) is 17.6. The second-order valence-electron chi connectivity index (χ2n) is 6.72. The van der Waals surface area contributed by atoms with E-state index in [9.17, 15) is 4.79 Å². The molecule has 0 atom stereocenters. The molecule has 5 nitrogen and oxygen atoms in total. The van der Waals surface area contributed by atoms with Gasteiger partial charge in [-0.1, -0.05) is 12.1 Å². The molecule has 1 amide bonds. The Morgan fingerprint density at radius 2 is 1.84 bits per heavy atom. The van der Waals surface area contributed by atoms with Crippen molar-refractivity contribution in [2.24, 2.45) is 0 Å². The summed E-state index contributed by atoms with van der Waals surface area (Å²) in [7, 11) is 4.08. The van der Waals surface area contributed by atoms with Crippen LogP contribution in [0.4, 0.5) is 0 Å². The van der Waals surface area contributed by atoms with Gasteiger partial charge in [-0.15, -0.1) is 0 Å². The zero-order valence-electron chi connectivity index (χ0n) is 14.9. The van der Waals surface area contributed by atoms with E-state index >= 15 is 0 Å². The Balaban J connectivity index is 1.68. The molecule has 25 heavy (non-hydrogen) atoms. The summed E-state index contributed by atoms with van der Waals surface area (Å²) in [6.07, 6.45) is 5.00. The number of piperidine rings is 1. The standard InChI is InChI=1S/C20H25N3O2/c1-22(2)15-16-6-8-18(9-7-16)25-19-14-17(10-11-21-19)20(24)23-12-4-3-5-13-23/h6-11,14H,3-5,12-13,15H2,1-2H3. The first-order valence-corrected chi connectivity index (χ1v) is 8.79. The van der Waals surface area contributed by atoms with Gasteiger partial charge in [0.2, 0.25) is 5.88 Å². The Morgan fingerprint density at radius 1 is 1.12 bits per heavy atom. The lowest BCUT2D eigenvalue weighted by Crippen LogP contribution is -2.35. The molecule has 2 heterocycles. The van der Waals surface area contributed by atoms with Crippen molar-refractivity contribution >= 4 is 5.91 Å². The first-order chi connectivity index (χ1) is 12.1. The van der Waals surface area contributed by atoms with Crippen molar-refractivity contribution in [2.75, 3.05) is 27.2 Å². The third-order valence-corrected chi connectivity index (χ3v) is 4.27. The van der Waals surface area contributed by atoms with Gasteiger partial charge in [0, 0.05) is 37.5 Å². The highest BCUT2D eigenvalue weighted by Crippen LogP contribution is 2.22. The maximum atomic E-state index is 12.6. The Bertz CT molecular complexity index is 707. The van der Waals surface area contributed by atoms with Crippen LogP contribution in [0.15, 0.2) is 42.6 Å². The Hall–Kier alpha value is -2.40. The number of pyridine rings is 1. The minimum atomic E-state index is 0.0632. The molecule has 0 N–H and O–H groups in total. The molecule has 1 aromatic heterocycles. The van der Waals surface area contributed by atoms with Crippen molar-refractivity contribution in [3.63, 3.8) is 0 Å². The Kier molecular flexibility index (Phi) is 5.66. The molecule has 0 bridgehead atoms. The number of rotatable bonds is 5. The minimum Gasteiger partial charge on any atom is -0.439 e. The maximum absolute atomic E-state index is 12.6. The second-order valence-corrected chi connectivity index (χ2v) is 6.72. The van der Waals surface area contributed by atoms with E-state index < -0.39 is 0 Å². The number of carbonyl (C=O) groups is 1. The molecular formula is C20H25N3O2. The van der Waals surface area contributed by atoms with Crippen LogP contribution in [0.1, 0.15) is 35.2 Å². The molecule has 0 unspecified atom stereocenters. The monoisotopic (exact) mass is 339 g/mol. The molecule has 1 aliphatic rings. The van der Waals surface area contributed by atoms with Gasteiger partial charge in [-0.05, 0) is 57.1 Å². The molecule has 132 valence electrons. The molecule has 1 fully saturated rings. The predicted molar refractivity (Wildman–Crippen MR) is 97.9 cm³/mol. The second kappa shape index (κ2) is 8.12. The Labute approximate surface area is 149 Å². The zero-order valence-corrected chi connectivity index (χ0v) is 14.9. The molecule has 0 radical (unpaired) electrons. The number of benzene rings is 1. The number of nitrogens with zero attached hydrogens (tertiary/aromatic N) is 3. The number of likely N-dealkylation sites (tertiary alicyclic amines) is 1. The summed E-state index contributed by atoms with van der Waals surface area (Å²) in [6.45, 7) is 2.56. The van der Waals surface area contributed by atoms with E-state index in [2.05, 4.69) is 9.88 Å². The highest BCUT2D eigenvalue weighted by molar-refractivity contribution is 5.94. The SMILES string of the molecule is CN(C)Cc1ccc(Oc2cc(C(=O)N3CCCCC3)ccn2)cc1. The average molecular weight is 339 g/mol. The normalized spacial score (nSPS) is 14.6. The molecule has 2 aromatic rings. The van der Waals surface area contributed by atoms with Gasteiger partial charge in [0.05, 0.1) is 0 Å². The highest BCUT2D eigenvalue weighted by Gasteiger charge is 2.18. The van der Waals surface area contributed by atoms with Crippen LogP contribution in [0.2, 0.25) is 0 Å². The summed E-state index contributed by atoms with van der Waals surface area (Å²) in [4.78, 5) is 20.9. The summed E-state index contributed by atoms with van der Waals surface area (Å²) in [5.41, 5.74) is 1.86. The van der Waals surface area contributed by atoms with E-state index in [4.69, 9.17) is 4.74 Å². The smallest absolute Gasteiger partial charge is 0.254 e. The lowest BCUT2D eigenvalue weighted by Gasteiger charge is -2.26. The van der Waals surface area contributed by atoms with Crippen molar-refractivity contribution < 1.29 is 9.53 Å². The van der Waals surface area contributed by atoms with Crippen LogP contribution in [0.3, 0.4) is 0 Å². The fourth-order valence-corrected chi connectivity index (χ4v) is 3.03. The molecular weight excluding hydrogens is 314 g/mol. The maximum Gasteiger partial charge on any atom is 0.254 e. The number of hydrogen-bond acceptors (Lipinski definition) is 4. The quantitative estimate of drug-likeness (QED) is 0.835. The average Bonchev–Trinajstić information content (AvgIpc) is 2.63. The van der Waals surface area contributed by atoms with Gasteiger partial charge in [-0.2, -0.15) is 0 Å². The summed E-state index contributed by atoms with van der Waals surface area (Å²) < 4.78 is 5.82. The van der Waals surface area contributed by atoms with Gasteiger partial charge >= 0.3 is 0 Å². The molecule has 0 saturated carbocycles. The number of aromatic nitrogens is 1. The van der Waals surface area contributed by atoms with E-state index in [1.54, 1.807) is 18.3 Å². The topological polar surface area (TPSA) is 45.7 Å². The van der Waals surface area contributed by atoms with Crippen LogP contribution in [0.25, 0.3) is 0 Å². The third kappa shape index (κ3) is 4.79. The van der Waals surface area contributed by atoms with E-state index in [0.717, 1.165) is 38.2 Å². The van der Waals surface area contributed by atoms with Crippen LogP contribution in [-0.4, -0.2) is 47.9 Å². The number of ether oxygens (including phenoxy) is 1. The van der Waals surface area contributed by atoms with Gasteiger partial charge in [0.1, 0.15) is 5.75 Å². The summed E-state index contributed by atoms with van der Waals surface area (Å²) >= 11 is 0. The van der Waals surface area contributed by atoms with Crippen LogP contribution >= 0.6 is 0 Å². The lowest BCUT2D eigenvalue weighted by molar-refractivity contribution is 0.0724. The summed E-state index contributed by atoms with van der Waals surface area (Å²) in [5.74, 6) is 1.23. The van der Waals surface area contributed by atoms with E-state index in [1.807, 2.05) is 43.3 Å². The molecule has 5 heteroatoms. The van der Waals surface area contributed by atoms with Crippen molar-refractivity contribution in [2.45, 2.75) is 25.8 Å². The van der Waals surface area contributed by atoms with E-state index in [0.29, 0.717) is 11.4 Å². The van der Waals surface area contributed by atoms with Crippen molar-refractivity contribution in [1.82, 2.24) is 14.8 Å². The number of hydrogen-bond donors (Lipinski definition) is 0. The molecule has 0 spiro atoms. The van der Waals surface area contributed by atoms with E-state index in [-0.39, 0.29) is 5.91 Å². The van der Waals surface area contributed by atoms with Crippen molar-refractivity contribution in [1.29, 1.82) is 0 Å². The molecule has 1 saturated heterocycles. The first kappa shape index (κ1) is 17.4. The number of carbonyl (C=O) groups excluding carboxylic acids is 1. The molecule has 1 aliphatic heterocycles. The van der Waals surface area contributed by atoms with Crippen LogP contribution in [0.5, 0.6) is 11.6 Å². The summed E-state index contributed by atoms with van der Waals surface area (Å²) in [6, 6.07) is 11.4. The van der Waals surface area contributed by atoms with Gasteiger partial charge < -0.3 is 14.5 Å². The van der Waals surface area contributed by atoms with Gasteiger partial charge in [0.15, 0.2) is 0 Å². The molecule has 3 rings (SSSR count). The van der Waals surface area contributed by atoms with Crippen LogP contribution < -0.4 is 4.74 Å². The van der Waals surface area contributed by atoms with Gasteiger partial charge in [-0.25, -0.2) is 4.98 Å². The fraction of sp³-hybridized carbons (Fsp3) is 0.400. The lowest BCUT2D eigenvalue weighted by atomic mass is 10.1. The Morgan fingerprint density at radius 3 is 2.52 bits per heavy atom. The fourth-order valence-electron chi connectivity index (χ4n) is 3.03. The molecule has 0 aliphatic carbocycles. The number of amides is 1. The minimum absolute atomic E-state index is 0.0632.